The zero-order chi connectivity index (χ0) is 19.6. The molecular weight excluding hydrogens is 477 g/mol. The molecular formula is C17H14BrClFN3O2S2. The van der Waals surface area contributed by atoms with Gasteiger partial charge in [0.2, 0.25) is 0 Å². The van der Waals surface area contributed by atoms with E-state index in [0.29, 0.717) is 5.69 Å². The lowest BCUT2D eigenvalue weighted by Crippen LogP contribution is -2.15. The minimum atomic E-state index is -4.13. The first kappa shape index (κ1) is 20.1. The molecule has 1 heterocycles. The van der Waals surface area contributed by atoms with E-state index in [2.05, 4.69) is 31.0 Å². The van der Waals surface area contributed by atoms with Crippen LogP contribution in [0.25, 0.3) is 0 Å². The van der Waals surface area contributed by atoms with Crippen molar-refractivity contribution in [3.63, 3.8) is 0 Å². The Morgan fingerprint density at radius 2 is 2.07 bits per heavy atom. The standard InChI is InChI=1S/C17H14BrClFN3O2S2/c1-10(11-3-2-4-12(18)7-11)22-15-9-14(20)16(8-13(15)19)27(24,25)23-17-21-5-6-26-17/h2-10,22H,1H3,(H,21,23)/t10-/m0/s1. The minimum absolute atomic E-state index is 0.0951. The Morgan fingerprint density at radius 1 is 1.30 bits per heavy atom. The molecule has 0 spiro atoms. The van der Waals surface area contributed by atoms with Crippen LogP contribution in [0.2, 0.25) is 5.02 Å². The molecule has 1 aromatic heterocycles. The monoisotopic (exact) mass is 489 g/mol. The topological polar surface area (TPSA) is 71.1 Å². The highest BCUT2D eigenvalue weighted by atomic mass is 79.9. The first-order valence-corrected chi connectivity index (χ1v) is 11.2. The predicted octanol–water partition coefficient (Wildman–Crippen LogP) is 5.67. The van der Waals surface area contributed by atoms with Gasteiger partial charge in [0, 0.05) is 22.1 Å². The summed E-state index contributed by atoms with van der Waals surface area (Å²) in [6.45, 7) is 1.89. The number of hydrogen-bond acceptors (Lipinski definition) is 5. The number of benzene rings is 2. The number of halogens is 3. The zero-order valence-corrected chi connectivity index (χ0v) is 17.9. The molecule has 0 fully saturated rings. The van der Waals surface area contributed by atoms with Crippen LogP contribution in [0, 0.1) is 5.82 Å². The Balaban J connectivity index is 1.86. The normalized spacial score (nSPS) is 12.6. The van der Waals surface area contributed by atoms with Gasteiger partial charge in [-0.2, -0.15) is 0 Å². The molecule has 27 heavy (non-hydrogen) atoms. The van der Waals surface area contributed by atoms with E-state index < -0.39 is 20.7 Å². The Morgan fingerprint density at radius 3 is 2.74 bits per heavy atom. The molecule has 0 saturated carbocycles. The maximum absolute atomic E-state index is 14.5. The van der Waals surface area contributed by atoms with Crippen molar-refractivity contribution in [2.75, 3.05) is 10.0 Å². The lowest BCUT2D eigenvalue weighted by atomic mass is 10.1. The Hall–Kier alpha value is -1.68. The quantitative estimate of drug-likeness (QED) is 0.467. The van der Waals surface area contributed by atoms with Gasteiger partial charge in [0.05, 0.1) is 10.7 Å². The molecule has 2 aromatic carbocycles. The van der Waals surface area contributed by atoms with Crippen LogP contribution in [0.4, 0.5) is 15.2 Å². The van der Waals surface area contributed by atoms with Gasteiger partial charge in [-0.15, -0.1) is 11.3 Å². The van der Waals surface area contributed by atoms with Gasteiger partial charge >= 0.3 is 0 Å². The lowest BCUT2D eigenvalue weighted by molar-refractivity contribution is 0.570. The van der Waals surface area contributed by atoms with Crippen LogP contribution in [-0.2, 0) is 10.0 Å². The first-order valence-electron chi connectivity index (χ1n) is 7.69. The molecule has 0 radical (unpaired) electrons. The van der Waals surface area contributed by atoms with Crippen LogP contribution in [0.3, 0.4) is 0 Å². The van der Waals surface area contributed by atoms with Gasteiger partial charge in [0.1, 0.15) is 10.7 Å². The molecule has 0 aliphatic carbocycles. The first-order chi connectivity index (χ1) is 12.8. The van der Waals surface area contributed by atoms with E-state index in [4.69, 9.17) is 11.6 Å². The second kappa shape index (κ2) is 8.14. The fourth-order valence-electron chi connectivity index (χ4n) is 2.38. The maximum Gasteiger partial charge on any atom is 0.266 e. The molecule has 0 aliphatic heterocycles. The van der Waals surface area contributed by atoms with Gasteiger partial charge in [-0.1, -0.05) is 39.7 Å². The van der Waals surface area contributed by atoms with Gasteiger partial charge in [0.25, 0.3) is 10.0 Å². The summed E-state index contributed by atoms with van der Waals surface area (Å²) in [6, 6.07) is 9.63. The maximum atomic E-state index is 14.5. The zero-order valence-electron chi connectivity index (χ0n) is 13.9. The second-order valence-electron chi connectivity index (χ2n) is 5.63. The van der Waals surface area contributed by atoms with Gasteiger partial charge in [-0.25, -0.2) is 17.8 Å². The molecule has 0 saturated heterocycles. The van der Waals surface area contributed by atoms with Crippen LogP contribution in [-0.4, -0.2) is 13.4 Å². The van der Waals surface area contributed by atoms with Crippen molar-refractivity contribution >= 4 is 59.7 Å². The smallest absolute Gasteiger partial charge is 0.266 e. The Labute approximate surface area is 173 Å². The molecule has 10 heteroatoms. The van der Waals surface area contributed by atoms with Crippen LogP contribution < -0.4 is 10.0 Å². The summed E-state index contributed by atoms with van der Waals surface area (Å²) in [5, 5.41) is 4.95. The van der Waals surface area contributed by atoms with E-state index in [0.717, 1.165) is 33.5 Å². The van der Waals surface area contributed by atoms with E-state index in [9.17, 15) is 12.8 Å². The third-order valence-corrected chi connectivity index (χ3v) is 6.66. The van der Waals surface area contributed by atoms with Gasteiger partial charge < -0.3 is 5.32 Å². The van der Waals surface area contributed by atoms with Crippen LogP contribution in [0.15, 0.2) is 57.3 Å². The molecule has 5 nitrogen and oxygen atoms in total. The summed E-state index contributed by atoms with van der Waals surface area (Å²) in [4.78, 5) is 3.29. The highest BCUT2D eigenvalue weighted by Gasteiger charge is 2.23. The number of sulfonamides is 1. The SMILES string of the molecule is C[C@H](Nc1cc(F)c(S(=O)(=O)Nc2nccs2)cc1Cl)c1cccc(Br)c1. The van der Waals surface area contributed by atoms with Crippen molar-refractivity contribution < 1.29 is 12.8 Å². The highest BCUT2D eigenvalue weighted by molar-refractivity contribution is 9.10. The van der Waals surface area contributed by atoms with Crippen LogP contribution in [0.1, 0.15) is 18.5 Å². The summed E-state index contributed by atoms with van der Waals surface area (Å²) in [7, 11) is -4.13. The number of thiazole rings is 1. The molecule has 0 bridgehead atoms. The Kier molecular flexibility index (Phi) is 6.05. The number of nitrogens with one attached hydrogen (secondary N) is 2. The average Bonchev–Trinajstić information content (AvgIpc) is 3.09. The number of anilines is 2. The van der Waals surface area contributed by atoms with E-state index >= 15 is 0 Å². The average molecular weight is 491 g/mol. The molecule has 142 valence electrons. The fraction of sp³-hybridized carbons (Fsp3) is 0.118. The summed E-state index contributed by atoms with van der Waals surface area (Å²) in [5.41, 5.74) is 1.26. The third kappa shape index (κ3) is 4.78. The molecule has 0 amide bonds. The third-order valence-electron chi connectivity index (χ3n) is 3.69. The second-order valence-corrected chi connectivity index (χ2v) is 9.49. The van der Waals surface area contributed by atoms with Crippen molar-refractivity contribution in [2.24, 2.45) is 0 Å². The van der Waals surface area contributed by atoms with E-state index in [1.807, 2.05) is 31.2 Å². The number of rotatable bonds is 6. The van der Waals surface area contributed by atoms with Crippen molar-refractivity contribution in [1.29, 1.82) is 0 Å². The van der Waals surface area contributed by atoms with Crippen molar-refractivity contribution in [3.8, 4) is 0 Å². The fourth-order valence-corrected chi connectivity index (χ4v) is 4.96. The molecule has 0 unspecified atom stereocenters. The number of aromatic nitrogens is 1. The van der Waals surface area contributed by atoms with Crippen molar-refractivity contribution in [2.45, 2.75) is 17.9 Å². The summed E-state index contributed by atoms with van der Waals surface area (Å²) in [5.74, 6) is -0.910. The number of hydrogen-bond donors (Lipinski definition) is 2. The largest absolute Gasteiger partial charge is 0.377 e. The molecule has 3 rings (SSSR count). The molecule has 2 N–H and O–H groups in total. The highest BCUT2D eigenvalue weighted by Crippen LogP contribution is 2.32. The molecule has 3 aromatic rings. The number of nitrogens with zero attached hydrogens (tertiary/aromatic N) is 1. The predicted molar refractivity (Wildman–Crippen MR) is 111 cm³/mol. The van der Waals surface area contributed by atoms with Crippen LogP contribution >= 0.6 is 38.9 Å². The van der Waals surface area contributed by atoms with Crippen molar-refractivity contribution in [3.05, 3.63) is 68.9 Å². The lowest BCUT2D eigenvalue weighted by Gasteiger charge is -2.18. The van der Waals surface area contributed by atoms with Gasteiger partial charge in [-0.05, 0) is 36.8 Å². The van der Waals surface area contributed by atoms with Gasteiger partial charge in [0.15, 0.2) is 5.13 Å². The van der Waals surface area contributed by atoms with E-state index in [-0.39, 0.29) is 16.2 Å². The van der Waals surface area contributed by atoms with Gasteiger partial charge in [-0.3, -0.25) is 4.72 Å². The Bertz CT molecular complexity index is 1060. The van der Waals surface area contributed by atoms with Crippen LogP contribution in [0.5, 0.6) is 0 Å². The summed E-state index contributed by atoms with van der Waals surface area (Å²) >= 11 is 10.7. The molecule has 1 atom stereocenters. The van der Waals surface area contributed by atoms with E-state index in [1.54, 1.807) is 5.38 Å². The van der Waals surface area contributed by atoms with Crippen molar-refractivity contribution in [1.82, 2.24) is 4.98 Å². The summed E-state index contributed by atoms with van der Waals surface area (Å²) < 4.78 is 42.5. The summed E-state index contributed by atoms with van der Waals surface area (Å²) in [6.07, 6.45) is 1.45. The molecule has 0 aliphatic rings. The van der Waals surface area contributed by atoms with E-state index in [1.165, 1.54) is 6.20 Å². The minimum Gasteiger partial charge on any atom is -0.377 e.